The van der Waals surface area contributed by atoms with Crippen LogP contribution in [0.5, 0.6) is 0 Å². The predicted octanol–water partition coefficient (Wildman–Crippen LogP) is 4.44. The van der Waals surface area contributed by atoms with Crippen LogP contribution in [0.15, 0.2) is 12.1 Å². The first-order chi connectivity index (χ1) is 9.40. The second-order valence-corrected chi connectivity index (χ2v) is 6.68. The number of rotatable bonds is 3. The monoisotopic (exact) mass is 274 g/mol. The number of hydrogen-bond donors (Lipinski definition) is 1. The molecule has 0 bridgehead atoms. The van der Waals surface area contributed by atoms with E-state index >= 15 is 0 Å². The van der Waals surface area contributed by atoms with Crippen molar-refractivity contribution in [3.63, 3.8) is 0 Å². The molecule has 20 heavy (non-hydrogen) atoms. The van der Waals surface area contributed by atoms with Crippen LogP contribution >= 0.6 is 0 Å². The third kappa shape index (κ3) is 3.24. The second-order valence-electron chi connectivity index (χ2n) is 6.68. The molecule has 3 atom stereocenters. The number of benzene rings is 1. The smallest absolute Gasteiger partial charge is 0.0439 e. The highest BCUT2D eigenvalue weighted by Gasteiger charge is 2.26. The van der Waals surface area contributed by atoms with Crippen molar-refractivity contribution in [2.75, 3.05) is 0 Å². The van der Waals surface area contributed by atoms with Gasteiger partial charge in [-0.05, 0) is 76.6 Å². The first kappa shape index (κ1) is 15.5. The molecule has 0 amide bonds. The molecule has 1 N–H and O–H groups in total. The molecule has 1 aromatic carbocycles. The Morgan fingerprint density at radius 3 is 2.15 bits per heavy atom. The molecule has 0 aromatic heterocycles. The lowest BCUT2D eigenvalue weighted by atomic mass is 9.96. The van der Waals surface area contributed by atoms with Crippen LogP contribution in [0.25, 0.3) is 0 Å². The molecule has 1 aromatic rings. The third-order valence-corrected chi connectivity index (χ3v) is 4.89. The fourth-order valence-electron chi connectivity index (χ4n) is 3.42. The number of hydrogen-bond acceptors (Lipinski definition) is 2. The summed E-state index contributed by atoms with van der Waals surface area (Å²) in [6.45, 7) is 13.6. The van der Waals surface area contributed by atoms with Crippen molar-refractivity contribution in [2.24, 2.45) is 0 Å². The summed E-state index contributed by atoms with van der Waals surface area (Å²) >= 11 is 0. The molecule has 2 heteroatoms. The van der Waals surface area contributed by atoms with Crippen molar-refractivity contribution < 1.29 is 0 Å². The van der Waals surface area contributed by atoms with Gasteiger partial charge in [0.25, 0.3) is 0 Å². The molecule has 0 aliphatic carbocycles. The van der Waals surface area contributed by atoms with Gasteiger partial charge in [-0.25, -0.2) is 10.4 Å². The van der Waals surface area contributed by atoms with E-state index in [0.29, 0.717) is 18.1 Å². The van der Waals surface area contributed by atoms with Crippen LogP contribution in [0, 0.1) is 20.8 Å². The summed E-state index contributed by atoms with van der Waals surface area (Å²) in [6.07, 6.45) is 3.96. The van der Waals surface area contributed by atoms with E-state index in [9.17, 15) is 0 Å². The van der Waals surface area contributed by atoms with Gasteiger partial charge < -0.3 is 0 Å². The first-order valence-electron chi connectivity index (χ1n) is 8.02. The van der Waals surface area contributed by atoms with E-state index in [1.807, 2.05) is 0 Å². The van der Waals surface area contributed by atoms with E-state index in [2.05, 4.69) is 64.1 Å². The van der Waals surface area contributed by atoms with E-state index in [-0.39, 0.29) is 0 Å². The Hall–Kier alpha value is -0.860. The SMILES string of the molecule is Cc1cc(C)c(C(C)NN2C(C)CCCC2C)cc1C. The first-order valence-corrected chi connectivity index (χ1v) is 8.02. The average molecular weight is 274 g/mol. The van der Waals surface area contributed by atoms with E-state index in [1.165, 1.54) is 41.5 Å². The number of nitrogens with zero attached hydrogens (tertiary/aromatic N) is 1. The van der Waals surface area contributed by atoms with Gasteiger partial charge in [-0.2, -0.15) is 0 Å². The zero-order chi connectivity index (χ0) is 14.9. The van der Waals surface area contributed by atoms with Gasteiger partial charge in [0.05, 0.1) is 0 Å². The average Bonchev–Trinajstić information content (AvgIpc) is 2.38. The molecular formula is C18H30N2. The van der Waals surface area contributed by atoms with Crippen LogP contribution in [0.3, 0.4) is 0 Å². The molecule has 1 saturated heterocycles. The fraction of sp³-hybridized carbons (Fsp3) is 0.667. The summed E-state index contributed by atoms with van der Waals surface area (Å²) in [5.74, 6) is 0. The Balaban J connectivity index is 2.15. The molecule has 2 nitrogen and oxygen atoms in total. The lowest BCUT2D eigenvalue weighted by molar-refractivity contribution is 0.0319. The Kier molecular flexibility index (Phi) is 4.87. The van der Waals surface area contributed by atoms with Crippen molar-refractivity contribution >= 4 is 0 Å². The lowest BCUT2D eigenvalue weighted by Crippen LogP contribution is -2.52. The van der Waals surface area contributed by atoms with Gasteiger partial charge in [0.15, 0.2) is 0 Å². The van der Waals surface area contributed by atoms with Crippen LogP contribution in [0.2, 0.25) is 0 Å². The van der Waals surface area contributed by atoms with Crippen LogP contribution in [-0.2, 0) is 0 Å². The highest BCUT2D eigenvalue weighted by atomic mass is 15.5. The number of hydrazine groups is 1. The maximum Gasteiger partial charge on any atom is 0.0439 e. The minimum absolute atomic E-state index is 0.372. The van der Waals surface area contributed by atoms with Crippen molar-refractivity contribution in [1.29, 1.82) is 0 Å². The van der Waals surface area contributed by atoms with Gasteiger partial charge >= 0.3 is 0 Å². The van der Waals surface area contributed by atoms with Crippen molar-refractivity contribution in [1.82, 2.24) is 10.4 Å². The van der Waals surface area contributed by atoms with Gasteiger partial charge in [0.2, 0.25) is 0 Å². The van der Waals surface area contributed by atoms with Crippen molar-refractivity contribution in [3.8, 4) is 0 Å². The highest BCUT2D eigenvalue weighted by Crippen LogP contribution is 2.25. The minimum Gasteiger partial charge on any atom is -0.247 e. The van der Waals surface area contributed by atoms with Gasteiger partial charge in [-0.1, -0.05) is 18.6 Å². The topological polar surface area (TPSA) is 15.3 Å². The van der Waals surface area contributed by atoms with E-state index < -0.39 is 0 Å². The molecule has 1 heterocycles. The maximum absolute atomic E-state index is 3.76. The van der Waals surface area contributed by atoms with Crippen molar-refractivity contribution in [3.05, 3.63) is 34.4 Å². The normalized spacial score (nSPS) is 25.7. The minimum atomic E-state index is 0.372. The Morgan fingerprint density at radius 2 is 1.55 bits per heavy atom. The zero-order valence-corrected chi connectivity index (χ0v) is 14.0. The Morgan fingerprint density at radius 1 is 1.00 bits per heavy atom. The molecule has 3 unspecified atom stereocenters. The molecule has 112 valence electrons. The maximum atomic E-state index is 3.76. The van der Waals surface area contributed by atoms with E-state index in [0.717, 1.165) is 0 Å². The number of piperidine rings is 1. The van der Waals surface area contributed by atoms with Crippen LogP contribution in [0.4, 0.5) is 0 Å². The molecule has 0 spiro atoms. The molecule has 1 aliphatic rings. The third-order valence-electron chi connectivity index (χ3n) is 4.89. The predicted molar refractivity (Wildman–Crippen MR) is 86.8 cm³/mol. The Bertz CT molecular complexity index is 457. The summed E-state index contributed by atoms with van der Waals surface area (Å²) in [5, 5.41) is 2.47. The van der Waals surface area contributed by atoms with Gasteiger partial charge in [-0.15, -0.1) is 0 Å². The largest absolute Gasteiger partial charge is 0.247 e. The summed E-state index contributed by atoms with van der Waals surface area (Å²) in [4.78, 5) is 0. The van der Waals surface area contributed by atoms with Gasteiger partial charge in [0, 0.05) is 18.1 Å². The number of aryl methyl sites for hydroxylation is 3. The molecular weight excluding hydrogens is 244 g/mol. The molecule has 1 fully saturated rings. The fourth-order valence-corrected chi connectivity index (χ4v) is 3.42. The standard InChI is InChI=1S/C18H30N2/c1-12-10-14(3)18(11-13(12)2)17(6)19-20-15(4)8-7-9-16(20)5/h10-11,15-17,19H,7-9H2,1-6H3. The zero-order valence-electron chi connectivity index (χ0n) is 14.0. The molecule has 1 aliphatic heterocycles. The quantitative estimate of drug-likeness (QED) is 0.876. The van der Waals surface area contributed by atoms with Gasteiger partial charge in [-0.3, -0.25) is 0 Å². The summed E-state index contributed by atoms with van der Waals surface area (Å²) in [6, 6.07) is 6.30. The van der Waals surface area contributed by atoms with E-state index in [4.69, 9.17) is 0 Å². The van der Waals surface area contributed by atoms with E-state index in [1.54, 1.807) is 0 Å². The summed E-state index contributed by atoms with van der Waals surface area (Å²) in [5.41, 5.74) is 9.35. The van der Waals surface area contributed by atoms with Gasteiger partial charge in [0.1, 0.15) is 0 Å². The number of nitrogens with one attached hydrogen (secondary N) is 1. The van der Waals surface area contributed by atoms with Crippen LogP contribution in [0.1, 0.15) is 68.3 Å². The molecule has 2 rings (SSSR count). The summed E-state index contributed by atoms with van der Waals surface area (Å²) < 4.78 is 0. The molecule has 0 saturated carbocycles. The summed E-state index contributed by atoms with van der Waals surface area (Å²) in [7, 11) is 0. The lowest BCUT2D eigenvalue weighted by Gasteiger charge is -2.41. The van der Waals surface area contributed by atoms with Crippen molar-refractivity contribution in [2.45, 2.75) is 78.9 Å². The van der Waals surface area contributed by atoms with Crippen LogP contribution < -0.4 is 5.43 Å². The Labute approximate surface area is 124 Å². The van der Waals surface area contributed by atoms with Crippen LogP contribution in [-0.4, -0.2) is 17.1 Å². The second kappa shape index (κ2) is 6.28. The highest BCUT2D eigenvalue weighted by molar-refractivity contribution is 5.37. The molecule has 0 radical (unpaired) electrons.